The summed E-state index contributed by atoms with van der Waals surface area (Å²) in [6, 6.07) is 15.2. The Morgan fingerprint density at radius 1 is 1.00 bits per heavy atom. The van der Waals surface area contributed by atoms with Crippen LogP contribution in [0.4, 0.5) is 11.5 Å². The normalized spacial score (nSPS) is 11.5. The van der Waals surface area contributed by atoms with Crippen LogP contribution in [0.5, 0.6) is 0 Å². The summed E-state index contributed by atoms with van der Waals surface area (Å²) < 4.78 is 26.8. The number of aromatic nitrogens is 2. The maximum Gasteiger partial charge on any atom is 0.269 e. The van der Waals surface area contributed by atoms with Crippen LogP contribution in [0.2, 0.25) is 0 Å². The van der Waals surface area contributed by atoms with Crippen LogP contribution < -0.4 is 10.0 Å². The molecule has 3 aromatic rings. The number of hydrogen-bond acceptors (Lipinski definition) is 7. The average molecular weight is 470 g/mol. The van der Waals surface area contributed by atoms with Crippen LogP contribution in [-0.2, 0) is 28.7 Å². The van der Waals surface area contributed by atoms with Crippen LogP contribution in [0.15, 0.2) is 54.6 Å². The SMILES string of the molecule is CCc1cc(NCc2ccc(CS(=O)(=O)NC(C)C)cc2)nc(-c2ccc([N+](=O)[O-])cc2)n1. The number of rotatable bonds is 10. The predicted molar refractivity (Wildman–Crippen MR) is 128 cm³/mol. The van der Waals surface area contributed by atoms with E-state index < -0.39 is 14.9 Å². The number of nitrogens with zero attached hydrogens (tertiary/aromatic N) is 3. The van der Waals surface area contributed by atoms with Gasteiger partial charge in [0, 0.05) is 42.0 Å². The van der Waals surface area contributed by atoms with Crippen LogP contribution in [0.3, 0.4) is 0 Å². The van der Waals surface area contributed by atoms with Crippen molar-refractivity contribution in [1.29, 1.82) is 0 Å². The van der Waals surface area contributed by atoms with Crippen molar-refractivity contribution in [1.82, 2.24) is 14.7 Å². The predicted octanol–water partition coefficient (Wildman–Crippen LogP) is 4.05. The number of nitrogens with one attached hydrogen (secondary N) is 2. The molecule has 0 bridgehead atoms. The molecule has 1 heterocycles. The third kappa shape index (κ3) is 7.06. The van der Waals surface area contributed by atoms with E-state index in [2.05, 4.69) is 20.0 Å². The highest BCUT2D eigenvalue weighted by atomic mass is 32.2. The lowest BCUT2D eigenvalue weighted by Gasteiger charge is -2.11. The lowest BCUT2D eigenvalue weighted by Crippen LogP contribution is -2.31. The average Bonchev–Trinajstić information content (AvgIpc) is 2.77. The van der Waals surface area contributed by atoms with Crippen LogP contribution in [0.25, 0.3) is 11.4 Å². The zero-order chi connectivity index (χ0) is 24.0. The first kappa shape index (κ1) is 24.3. The summed E-state index contributed by atoms with van der Waals surface area (Å²) in [6.07, 6.45) is 0.713. The summed E-state index contributed by atoms with van der Waals surface area (Å²) in [6.45, 7) is 6.07. The van der Waals surface area contributed by atoms with Crippen molar-refractivity contribution < 1.29 is 13.3 Å². The molecule has 0 aliphatic rings. The highest BCUT2D eigenvalue weighted by Crippen LogP contribution is 2.22. The molecular formula is C23H27N5O4S. The number of non-ortho nitro benzene ring substituents is 1. The zero-order valence-electron chi connectivity index (χ0n) is 18.8. The molecule has 2 aromatic carbocycles. The lowest BCUT2D eigenvalue weighted by molar-refractivity contribution is -0.384. The molecule has 3 rings (SSSR count). The van der Waals surface area contributed by atoms with E-state index in [1.807, 2.05) is 25.1 Å². The third-order valence-corrected chi connectivity index (χ3v) is 6.29. The van der Waals surface area contributed by atoms with E-state index in [1.165, 1.54) is 12.1 Å². The quantitative estimate of drug-likeness (QED) is 0.339. The van der Waals surface area contributed by atoms with E-state index in [0.717, 1.165) is 11.3 Å². The molecule has 0 atom stereocenters. The van der Waals surface area contributed by atoms with Gasteiger partial charge in [0.05, 0.1) is 10.7 Å². The molecule has 10 heteroatoms. The minimum Gasteiger partial charge on any atom is -0.366 e. The molecular weight excluding hydrogens is 442 g/mol. The van der Waals surface area contributed by atoms with Crippen molar-refractivity contribution in [3.63, 3.8) is 0 Å². The Morgan fingerprint density at radius 2 is 1.64 bits per heavy atom. The topological polar surface area (TPSA) is 127 Å². The Bertz CT molecular complexity index is 1210. The summed E-state index contributed by atoms with van der Waals surface area (Å²) in [7, 11) is -3.37. The molecule has 0 amide bonds. The van der Waals surface area contributed by atoms with Crippen LogP contribution >= 0.6 is 0 Å². The van der Waals surface area contributed by atoms with E-state index in [-0.39, 0.29) is 17.5 Å². The molecule has 174 valence electrons. The van der Waals surface area contributed by atoms with Gasteiger partial charge >= 0.3 is 0 Å². The van der Waals surface area contributed by atoms with Crippen molar-refractivity contribution in [2.24, 2.45) is 0 Å². The molecule has 33 heavy (non-hydrogen) atoms. The fourth-order valence-electron chi connectivity index (χ4n) is 3.20. The maximum absolute atomic E-state index is 12.1. The van der Waals surface area contributed by atoms with Gasteiger partial charge < -0.3 is 5.32 Å². The molecule has 0 saturated heterocycles. The minimum absolute atomic E-state index is 0.0139. The molecule has 2 N–H and O–H groups in total. The monoisotopic (exact) mass is 469 g/mol. The van der Waals surface area contributed by atoms with E-state index in [4.69, 9.17) is 0 Å². The van der Waals surface area contributed by atoms with Crippen molar-refractivity contribution in [3.05, 3.63) is 81.5 Å². The molecule has 0 fully saturated rings. The summed E-state index contributed by atoms with van der Waals surface area (Å²) in [5, 5.41) is 14.2. The largest absolute Gasteiger partial charge is 0.366 e. The minimum atomic E-state index is -3.37. The fourth-order valence-corrected chi connectivity index (χ4v) is 4.63. The van der Waals surface area contributed by atoms with Gasteiger partial charge in [-0.05, 0) is 43.5 Å². The van der Waals surface area contributed by atoms with Gasteiger partial charge in [-0.15, -0.1) is 0 Å². The van der Waals surface area contributed by atoms with Gasteiger partial charge in [-0.2, -0.15) is 0 Å². The third-order valence-electron chi connectivity index (χ3n) is 4.75. The fraction of sp³-hybridized carbons (Fsp3) is 0.304. The Balaban J connectivity index is 1.71. The second-order valence-corrected chi connectivity index (χ2v) is 9.68. The first-order chi connectivity index (χ1) is 15.6. The van der Waals surface area contributed by atoms with Crippen molar-refractivity contribution in [3.8, 4) is 11.4 Å². The van der Waals surface area contributed by atoms with Gasteiger partial charge in [-0.3, -0.25) is 10.1 Å². The number of nitro groups is 1. The molecule has 0 aliphatic carbocycles. The van der Waals surface area contributed by atoms with Crippen LogP contribution in [-0.4, -0.2) is 29.4 Å². The van der Waals surface area contributed by atoms with E-state index in [0.29, 0.717) is 35.7 Å². The van der Waals surface area contributed by atoms with E-state index in [1.54, 1.807) is 38.1 Å². The highest BCUT2D eigenvalue weighted by Gasteiger charge is 2.13. The Hall–Kier alpha value is -3.37. The molecule has 9 nitrogen and oxygen atoms in total. The van der Waals surface area contributed by atoms with Gasteiger partial charge in [0.25, 0.3) is 5.69 Å². The molecule has 1 aromatic heterocycles. The van der Waals surface area contributed by atoms with Crippen LogP contribution in [0, 0.1) is 10.1 Å². The van der Waals surface area contributed by atoms with Gasteiger partial charge in [0.15, 0.2) is 5.82 Å². The zero-order valence-corrected chi connectivity index (χ0v) is 19.6. The lowest BCUT2D eigenvalue weighted by atomic mass is 10.1. The maximum atomic E-state index is 12.1. The van der Waals surface area contributed by atoms with Gasteiger partial charge in [0.2, 0.25) is 10.0 Å². The second kappa shape index (κ2) is 10.5. The summed E-state index contributed by atoms with van der Waals surface area (Å²) >= 11 is 0. The van der Waals surface area contributed by atoms with Gasteiger partial charge in [-0.1, -0.05) is 31.2 Å². The molecule has 0 aliphatic heterocycles. The molecule has 0 spiro atoms. The summed E-state index contributed by atoms with van der Waals surface area (Å²) in [4.78, 5) is 19.5. The first-order valence-electron chi connectivity index (χ1n) is 10.6. The number of aryl methyl sites for hydroxylation is 1. The van der Waals surface area contributed by atoms with Crippen LogP contribution in [0.1, 0.15) is 37.6 Å². The Kier molecular flexibility index (Phi) is 7.72. The second-order valence-electron chi connectivity index (χ2n) is 7.93. The number of hydrogen-bond donors (Lipinski definition) is 2. The van der Waals surface area contributed by atoms with Crippen molar-refractivity contribution in [2.75, 3.05) is 5.32 Å². The molecule has 0 unspecified atom stereocenters. The van der Waals surface area contributed by atoms with Gasteiger partial charge in [0.1, 0.15) is 5.82 Å². The Morgan fingerprint density at radius 3 is 2.21 bits per heavy atom. The van der Waals surface area contributed by atoms with Gasteiger partial charge in [-0.25, -0.2) is 23.1 Å². The van der Waals surface area contributed by atoms with Crippen molar-refractivity contribution >= 4 is 21.5 Å². The Labute approximate surface area is 193 Å². The smallest absolute Gasteiger partial charge is 0.269 e. The number of anilines is 1. The van der Waals surface area contributed by atoms with E-state index in [9.17, 15) is 18.5 Å². The highest BCUT2D eigenvalue weighted by molar-refractivity contribution is 7.88. The number of sulfonamides is 1. The standard InChI is InChI=1S/C23H27N5O4S/c1-4-20-13-22(26-23(25-20)19-9-11-21(12-10-19)28(29)30)24-14-17-5-7-18(8-6-17)15-33(31,32)27-16(2)3/h5-13,16,27H,4,14-15H2,1-3H3,(H,24,25,26). The van der Waals surface area contributed by atoms with Crippen molar-refractivity contribution in [2.45, 2.75) is 45.5 Å². The summed E-state index contributed by atoms with van der Waals surface area (Å²) in [5.41, 5.74) is 3.24. The summed E-state index contributed by atoms with van der Waals surface area (Å²) in [5.74, 6) is 1.07. The first-order valence-corrected chi connectivity index (χ1v) is 12.2. The number of nitro benzene ring substituents is 1. The number of benzene rings is 2. The van der Waals surface area contributed by atoms with E-state index >= 15 is 0 Å². The molecule has 0 radical (unpaired) electrons. The molecule has 0 saturated carbocycles.